The molecular weight excluding hydrogens is 591 g/mol. The second-order valence-corrected chi connectivity index (χ2v) is 12.4. The molecule has 0 spiro atoms. The van der Waals surface area contributed by atoms with Gasteiger partial charge in [0.15, 0.2) is 6.10 Å². The average Bonchev–Trinajstić information content (AvgIpc) is 3.58. The first-order valence-electron chi connectivity index (χ1n) is 14.0. The van der Waals surface area contributed by atoms with Crippen LogP contribution in [0.3, 0.4) is 0 Å². The largest absolute Gasteiger partial charge is 0.448 e. The van der Waals surface area contributed by atoms with Crippen molar-refractivity contribution in [1.29, 1.82) is 5.26 Å². The molecule has 4 aromatic rings. The maximum Gasteiger partial charge on any atom is 0.356 e. The van der Waals surface area contributed by atoms with Crippen LogP contribution in [0.15, 0.2) is 120 Å². The van der Waals surface area contributed by atoms with Gasteiger partial charge in [-0.15, -0.1) is 23.1 Å². The fourth-order valence-electron chi connectivity index (χ4n) is 5.17. The van der Waals surface area contributed by atoms with Crippen LogP contribution >= 0.6 is 23.1 Å². The van der Waals surface area contributed by atoms with Crippen molar-refractivity contribution in [2.24, 2.45) is 0 Å². The van der Waals surface area contributed by atoms with Crippen LogP contribution in [0.25, 0.3) is 6.08 Å². The fourth-order valence-corrected chi connectivity index (χ4v) is 7.19. The molecule has 218 valence electrons. The molecular formula is C35H27N3O4S2. The van der Waals surface area contributed by atoms with Crippen LogP contribution in [0.4, 0.5) is 0 Å². The van der Waals surface area contributed by atoms with Crippen LogP contribution in [-0.4, -0.2) is 39.9 Å². The standard InChI is InChI=1S/C35H27N3O4S2/c36-21-24-15-13-23(14-16-24)17-18-27-22-44-34-30(37-29(39)20-28-12-7-19-43-28)33(40)38(34)31(27)35(41)42-32(25-8-3-1-4-9-25)26-10-5-2-6-11-26/h1-19,30,32,34H,20,22H2,(H,37,39)/t30-,34-/m1/s1. The fraction of sp³-hybridized carbons (Fsp3) is 0.143. The molecule has 0 radical (unpaired) electrons. The minimum absolute atomic E-state index is 0.171. The molecule has 1 fully saturated rings. The summed E-state index contributed by atoms with van der Waals surface area (Å²) in [5, 5.41) is 13.5. The van der Waals surface area contributed by atoms with Gasteiger partial charge in [-0.25, -0.2) is 4.79 Å². The highest BCUT2D eigenvalue weighted by atomic mass is 32.2. The smallest absolute Gasteiger partial charge is 0.356 e. The zero-order valence-corrected chi connectivity index (χ0v) is 25.1. The Morgan fingerprint density at radius 2 is 1.64 bits per heavy atom. The van der Waals surface area contributed by atoms with Gasteiger partial charge >= 0.3 is 5.97 Å². The van der Waals surface area contributed by atoms with Gasteiger partial charge in [0.25, 0.3) is 5.91 Å². The maximum absolute atomic E-state index is 14.1. The van der Waals surface area contributed by atoms with Crippen molar-refractivity contribution in [3.05, 3.63) is 147 Å². The third-order valence-corrected chi connectivity index (χ3v) is 9.55. The van der Waals surface area contributed by atoms with E-state index in [1.807, 2.05) is 102 Å². The topological polar surface area (TPSA) is 99.5 Å². The number of amides is 2. The van der Waals surface area contributed by atoms with Gasteiger partial charge < -0.3 is 10.1 Å². The molecule has 44 heavy (non-hydrogen) atoms. The van der Waals surface area contributed by atoms with Crippen LogP contribution in [0.1, 0.15) is 33.2 Å². The monoisotopic (exact) mass is 617 g/mol. The number of rotatable bonds is 9. The Morgan fingerprint density at radius 1 is 0.955 bits per heavy atom. The Bertz CT molecular complexity index is 1720. The zero-order valence-electron chi connectivity index (χ0n) is 23.5. The highest BCUT2D eigenvalue weighted by Crippen LogP contribution is 2.42. The van der Waals surface area contributed by atoms with Crippen molar-refractivity contribution < 1.29 is 19.1 Å². The first-order chi connectivity index (χ1) is 21.5. The molecule has 2 amide bonds. The van der Waals surface area contributed by atoms with Crippen LogP contribution in [0, 0.1) is 11.3 Å². The van der Waals surface area contributed by atoms with E-state index in [2.05, 4.69) is 11.4 Å². The summed E-state index contributed by atoms with van der Waals surface area (Å²) in [7, 11) is 0. The summed E-state index contributed by atoms with van der Waals surface area (Å²) in [5.41, 5.74) is 3.81. The van der Waals surface area contributed by atoms with E-state index in [1.165, 1.54) is 28.0 Å². The second-order valence-electron chi connectivity index (χ2n) is 10.3. The molecule has 6 rings (SSSR count). The van der Waals surface area contributed by atoms with Crippen molar-refractivity contribution in [3.8, 4) is 6.07 Å². The number of nitrogens with zero attached hydrogens (tertiary/aromatic N) is 2. The number of thiophene rings is 1. The number of hydrogen-bond acceptors (Lipinski definition) is 7. The van der Waals surface area contributed by atoms with Gasteiger partial charge in [0.2, 0.25) is 5.91 Å². The van der Waals surface area contributed by atoms with Crippen molar-refractivity contribution in [2.45, 2.75) is 23.9 Å². The lowest BCUT2D eigenvalue weighted by Crippen LogP contribution is -2.70. The molecule has 1 saturated heterocycles. The minimum Gasteiger partial charge on any atom is -0.448 e. The SMILES string of the molecule is N#Cc1ccc(C=CC2=C(C(=O)OC(c3ccccc3)c3ccccc3)N3C(=O)[C@@H](NC(=O)Cc4cccs4)[C@H]3SC2)cc1. The molecule has 3 aromatic carbocycles. The van der Waals surface area contributed by atoms with Gasteiger partial charge in [-0.3, -0.25) is 14.5 Å². The first-order valence-corrected chi connectivity index (χ1v) is 15.9. The van der Waals surface area contributed by atoms with Gasteiger partial charge in [-0.2, -0.15) is 5.26 Å². The normalized spacial score (nSPS) is 17.6. The number of carbonyl (C=O) groups excluding carboxylic acids is 3. The van der Waals surface area contributed by atoms with E-state index in [0.29, 0.717) is 16.9 Å². The van der Waals surface area contributed by atoms with E-state index in [4.69, 9.17) is 10.00 Å². The van der Waals surface area contributed by atoms with E-state index in [0.717, 1.165) is 21.6 Å². The number of benzene rings is 3. The van der Waals surface area contributed by atoms with Crippen LogP contribution in [0.5, 0.6) is 0 Å². The average molecular weight is 618 g/mol. The number of nitrogens with one attached hydrogen (secondary N) is 1. The number of thioether (sulfide) groups is 1. The van der Waals surface area contributed by atoms with Gasteiger partial charge in [0.1, 0.15) is 17.1 Å². The highest BCUT2D eigenvalue weighted by Gasteiger charge is 2.54. The molecule has 7 nitrogen and oxygen atoms in total. The Morgan fingerprint density at radius 3 is 2.25 bits per heavy atom. The van der Waals surface area contributed by atoms with Crippen LogP contribution in [0.2, 0.25) is 0 Å². The molecule has 1 N–H and O–H groups in total. The van der Waals surface area contributed by atoms with Gasteiger partial charge in [-0.1, -0.05) is 91.0 Å². The number of allylic oxidation sites excluding steroid dienone is 1. The summed E-state index contributed by atoms with van der Waals surface area (Å²) in [5.74, 6) is -0.776. The van der Waals surface area contributed by atoms with Gasteiger partial charge in [-0.05, 0) is 45.8 Å². The number of ether oxygens (including phenoxy) is 1. The Labute approximate surface area is 263 Å². The van der Waals surface area contributed by atoms with E-state index in [-0.39, 0.29) is 23.9 Å². The summed E-state index contributed by atoms with van der Waals surface area (Å²) in [6.45, 7) is 0. The molecule has 0 bridgehead atoms. The van der Waals surface area contributed by atoms with Crippen molar-refractivity contribution in [3.63, 3.8) is 0 Å². The summed E-state index contributed by atoms with van der Waals surface area (Å²) >= 11 is 2.98. The summed E-state index contributed by atoms with van der Waals surface area (Å²) < 4.78 is 6.21. The van der Waals surface area contributed by atoms with E-state index >= 15 is 0 Å². The predicted octanol–water partition coefficient (Wildman–Crippen LogP) is 5.86. The predicted molar refractivity (Wildman–Crippen MR) is 171 cm³/mol. The van der Waals surface area contributed by atoms with Crippen molar-refractivity contribution in [1.82, 2.24) is 10.2 Å². The number of hydrogen-bond donors (Lipinski definition) is 1. The molecule has 2 aliphatic rings. The summed E-state index contributed by atoms with van der Waals surface area (Å²) in [6, 6.07) is 31.2. The minimum atomic E-state index is -0.738. The third-order valence-electron chi connectivity index (χ3n) is 7.37. The maximum atomic E-state index is 14.1. The molecule has 0 saturated carbocycles. The molecule has 0 unspecified atom stereocenters. The number of fused-ring (bicyclic) bond motifs is 1. The van der Waals surface area contributed by atoms with Gasteiger partial charge in [0, 0.05) is 10.6 Å². The third kappa shape index (κ3) is 6.23. The Hall–Kier alpha value is -4.91. The Balaban J connectivity index is 1.30. The van der Waals surface area contributed by atoms with E-state index < -0.39 is 23.5 Å². The molecule has 2 atom stereocenters. The first kappa shape index (κ1) is 29.2. The molecule has 3 heterocycles. The molecule has 1 aromatic heterocycles. The van der Waals surface area contributed by atoms with Crippen LogP contribution < -0.4 is 5.32 Å². The lowest BCUT2D eigenvalue weighted by atomic mass is 10.00. The van der Waals surface area contributed by atoms with Crippen molar-refractivity contribution >= 4 is 47.0 Å². The summed E-state index contributed by atoms with van der Waals surface area (Å²) in [4.78, 5) is 42.8. The Kier molecular flexibility index (Phi) is 8.73. The lowest BCUT2D eigenvalue weighted by Gasteiger charge is -2.49. The zero-order chi connectivity index (χ0) is 30.5. The molecule has 0 aliphatic carbocycles. The van der Waals surface area contributed by atoms with E-state index in [1.54, 1.807) is 12.1 Å². The molecule has 9 heteroatoms. The number of nitriles is 1. The van der Waals surface area contributed by atoms with Crippen molar-refractivity contribution in [2.75, 3.05) is 5.75 Å². The summed E-state index contributed by atoms with van der Waals surface area (Å²) in [6.07, 6.45) is 3.17. The van der Waals surface area contributed by atoms with Gasteiger partial charge in [0.05, 0.1) is 18.1 Å². The number of carbonyl (C=O) groups is 3. The number of β-lactam (4-membered cyclic amide) rings is 1. The lowest BCUT2D eigenvalue weighted by molar-refractivity contribution is -0.154. The highest BCUT2D eigenvalue weighted by molar-refractivity contribution is 8.00. The van der Waals surface area contributed by atoms with Crippen LogP contribution in [-0.2, 0) is 25.5 Å². The van der Waals surface area contributed by atoms with E-state index in [9.17, 15) is 14.4 Å². The molecule has 2 aliphatic heterocycles. The quantitative estimate of drug-likeness (QED) is 0.187. The second kappa shape index (κ2) is 13.2. The number of esters is 1.